The predicted octanol–water partition coefficient (Wildman–Crippen LogP) is 5.93. The lowest BCUT2D eigenvalue weighted by atomic mass is 10.1. The van der Waals surface area contributed by atoms with Gasteiger partial charge in [0.1, 0.15) is 0 Å². The first kappa shape index (κ1) is 24.2. The molecule has 3 aromatic carbocycles. The van der Waals surface area contributed by atoms with Crippen molar-refractivity contribution >= 4 is 0 Å². The number of hydrogen-bond acceptors (Lipinski definition) is 4. The van der Waals surface area contributed by atoms with Gasteiger partial charge in [-0.05, 0) is 61.9 Å². The second-order valence-corrected chi connectivity index (χ2v) is 9.63. The molecule has 1 aliphatic carbocycles. The van der Waals surface area contributed by atoms with Crippen molar-refractivity contribution in [2.45, 2.75) is 38.8 Å². The molecule has 1 aliphatic rings. The number of aromatic nitrogens is 2. The summed E-state index contributed by atoms with van der Waals surface area (Å²) in [6.07, 6.45) is 2.53. The molecule has 0 aliphatic heterocycles. The van der Waals surface area contributed by atoms with E-state index in [4.69, 9.17) is 9.84 Å². The molecule has 1 aromatic heterocycles. The smallest absolute Gasteiger partial charge is 0.227 e. The van der Waals surface area contributed by atoms with Crippen LogP contribution in [-0.2, 0) is 13.0 Å². The van der Waals surface area contributed by atoms with Crippen molar-refractivity contribution in [3.8, 4) is 17.3 Å². The Morgan fingerprint density at radius 3 is 2.36 bits per heavy atom. The molecule has 5 nitrogen and oxygen atoms in total. The van der Waals surface area contributed by atoms with Crippen molar-refractivity contribution in [2.75, 3.05) is 13.1 Å². The fraction of sp³-hybridized carbons (Fsp3) is 0.300. The van der Waals surface area contributed by atoms with Crippen molar-refractivity contribution in [1.29, 1.82) is 0 Å². The number of benzene rings is 3. The number of hydrogen-bond donors (Lipinski definition) is 1. The molecule has 5 rings (SSSR count). The zero-order chi connectivity index (χ0) is 24.9. The van der Waals surface area contributed by atoms with E-state index in [1.807, 2.05) is 67.6 Å². The Morgan fingerprint density at radius 1 is 1.00 bits per heavy atom. The number of rotatable bonds is 11. The molecule has 4 aromatic rings. The average Bonchev–Trinajstić information content (AvgIpc) is 3.65. The largest absolute Gasteiger partial charge is 0.435 e. The van der Waals surface area contributed by atoms with E-state index in [2.05, 4.69) is 4.90 Å². The summed E-state index contributed by atoms with van der Waals surface area (Å²) in [4.78, 5) is 2.29. The first-order chi connectivity index (χ1) is 17.6. The minimum Gasteiger partial charge on any atom is -0.435 e. The maximum Gasteiger partial charge on any atom is 0.227 e. The summed E-state index contributed by atoms with van der Waals surface area (Å²) in [6.45, 7) is 3.96. The molecule has 0 saturated heterocycles. The standard InChI is InChI=1S/C30H32FN3O2/c1-22-27(21-33(19-24-16-17-24)20-26(35)18-23-10-4-2-5-11-23)30(36-29-15-9-8-14-28(29)31)34(32-22)25-12-6-3-7-13-25/h2-15,24,26,35H,16-21H2,1H3/t26-/m1/s1. The monoisotopic (exact) mass is 485 g/mol. The molecule has 0 bridgehead atoms. The summed E-state index contributed by atoms with van der Waals surface area (Å²) in [5.41, 5.74) is 3.68. The Kier molecular flexibility index (Phi) is 7.44. The quantitative estimate of drug-likeness (QED) is 0.286. The third-order valence-electron chi connectivity index (χ3n) is 6.56. The second-order valence-electron chi connectivity index (χ2n) is 9.63. The first-order valence-corrected chi connectivity index (χ1v) is 12.6. The number of halogens is 1. The highest BCUT2D eigenvalue weighted by Crippen LogP contribution is 2.35. The van der Waals surface area contributed by atoms with Crippen LogP contribution < -0.4 is 4.74 Å². The highest BCUT2D eigenvalue weighted by molar-refractivity contribution is 5.43. The molecule has 186 valence electrons. The molecular formula is C30H32FN3O2. The van der Waals surface area contributed by atoms with Crippen LogP contribution in [0.4, 0.5) is 4.39 Å². The van der Waals surface area contributed by atoms with E-state index >= 15 is 0 Å². The maximum absolute atomic E-state index is 14.6. The van der Waals surface area contributed by atoms with E-state index in [1.54, 1.807) is 22.9 Å². The van der Waals surface area contributed by atoms with E-state index < -0.39 is 11.9 Å². The molecule has 1 heterocycles. The van der Waals surface area contributed by atoms with Crippen molar-refractivity contribution in [3.05, 3.63) is 108 Å². The van der Waals surface area contributed by atoms with E-state index in [0.717, 1.165) is 29.1 Å². The van der Waals surface area contributed by atoms with Gasteiger partial charge in [0.05, 0.1) is 23.0 Å². The van der Waals surface area contributed by atoms with Gasteiger partial charge in [0.25, 0.3) is 0 Å². The normalized spacial score (nSPS) is 14.2. The van der Waals surface area contributed by atoms with Gasteiger partial charge >= 0.3 is 0 Å². The molecule has 1 fully saturated rings. The fourth-order valence-corrected chi connectivity index (χ4v) is 4.54. The van der Waals surface area contributed by atoms with Gasteiger partial charge in [-0.3, -0.25) is 4.90 Å². The van der Waals surface area contributed by atoms with Gasteiger partial charge in [-0.1, -0.05) is 60.7 Å². The number of aliphatic hydroxyl groups excluding tert-OH is 1. The zero-order valence-electron chi connectivity index (χ0n) is 20.6. The number of nitrogens with zero attached hydrogens (tertiary/aromatic N) is 3. The molecule has 1 N–H and O–H groups in total. The van der Waals surface area contributed by atoms with Gasteiger partial charge in [-0.25, -0.2) is 9.07 Å². The fourth-order valence-electron chi connectivity index (χ4n) is 4.54. The first-order valence-electron chi connectivity index (χ1n) is 12.6. The van der Waals surface area contributed by atoms with Crippen molar-refractivity contribution < 1.29 is 14.2 Å². The van der Waals surface area contributed by atoms with Gasteiger partial charge in [0.2, 0.25) is 5.88 Å². The minimum absolute atomic E-state index is 0.161. The number of para-hydroxylation sites is 2. The van der Waals surface area contributed by atoms with Gasteiger partial charge in [-0.2, -0.15) is 5.10 Å². The van der Waals surface area contributed by atoms with Crippen LogP contribution in [0.25, 0.3) is 5.69 Å². The number of aryl methyl sites for hydroxylation is 1. The topological polar surface area (TPSA) is 50.5 Å². The lowest BCUT2D eigenvalue weighted by molar-refractivity contribution is 0.105. The molecule has 1 saturated carbocycles. The van der Waals surface area contributed by atoms with Crippen LogP contribution >= 0.6 is 0 Å². The third kappa shape index (κ3) is 6.01. The van der Waals surface area contributed by atoms with E-state index in [-0.39, 0.29) is 5.75 Å². The van der Waals surface area contributed by atoms with Crippen LogP contribution in [0.5, 0.6) is 11.6 Å². The zero-order valence-corrected chi connectivity index (χ0v) is 20.6. The van der Waals surface area contributed by atoms with Crippen molar-refractivity contribution in [3.63, 3.8) is 0 Å². The molecular weight excluding hydrogens is 453 g/mol. The van der Waals surface area contributed by atoms with E-state index in [1.165, 1.54) is 18.9 Å². The summed E-state index contributed by atoms with van der Waals surface area (Å²) in [6, 6.07) is 26.2. The van der Waals surface area contributed by atoms with Crippen LogP contribution in [0.2, 0.25) is 0 Å². The highest BCUT2D eigenvalue weighted by Gasteiger charge is 2.28. The number of aliphatic hydroxyl groups is 1. The molecule has 36 heavy (non-hydrogen) atoms. The van der Waals surface area contributed by atoms with Gasteiger partial charge in [0, 0.05) is 19.6 Å². The van der Waals surface area contributed by atoms with Crippen molar-refractivity contribution in [1.82, 2.24) is 14.7 Å². The van der Waals surface area contributed by atoms with Crippen LogP contribution in [0.3, 0.4) is 0 Å². The molecule has 0 unspecified atom stereocenters. The number of ether oxygens (including phenoxy) is 1. The van der Waals surface area contributed by atoms with Crippen LogP contribution in [-0.4, -0.2) is 39.0 Å². The highest BCUT2D eigenvalue weighted by atomic mass is 19.1. The van der Waals surface area contributed by atoms with Gasteiger partial charge < -0.3 is 9.84 Å². The summed E-state index contributed by atoms with van der Waals surface area (Å²) in [7, 11) is 0. The Bertz CT molecular complexity index is 1270. The lowest BCUT2D eigenvalue weighted by Crippen LogP contribution is -2.35. The minimum atomic E-state index is -0.494. The Labute approximate surface area is 211 Å². The van der Waals surface area contributed by atoms with E-state index in [9.17, 15) is 9.50 Å². The average molecular weight is 486 g/mol. The summed E-state index contributed by atoms with van der Waals surface area (Å²) >= 11 is 0. The predicted molar refractivity (Wildman–Crippen MR) is 139 cm³/mol. The Morgan fingerprint density at radius 2 is 1.67 bits per heavy atom. The summed E-state index contributed by atoms with van der Waals surface area (Å²) in [5.74, 6) is 0.889. The second kappa shape index (κ2) is 11.1. The summed E-state index contributed by atoms with van der Waals surface area (Å²) < 4.78 is 22.5. The Hall–Kier alpha value is -3.48. The lowest BCUT2D eigenvalue weighted by Gasteiger charge is -2.25. The molecule has 1 atom stereocenters. The van der Waals surface area contributed by atoms with Crippen LogP contribution in [0, 0.1) is 18.7 Å². The molecule has 0 spiro atoms. The maximum atomic E-state index is 14.6. The van der Waals surface area contributed by atoms with Gasteiger partial charge in [0.15, 0.2) is 11.6 Å². The third-order valence-corrected chi connectivity index (χ3v) is 6.56. The molecule has 0 amide bonds. The van der Waals surface area contributed by atoms with Gasteiger partial charge in [-0.15, -0.1) is 0 Å². The molecule has 6 heteroatoms. The van der Waals surface area contributed by atoms with E-state index in [0.29, 0.717) is 31.3 Å². The van der Waals surface area contributed by atoms with Crippen molar-refractivity contribution in [2.24, 2.45) is 5.92 Å². The summed E-state index contributed by atoms with van der Waals surface area (Å²) in [5, 5.41) is 15.7. The van der Waals surface area contributed by atoms with Crippen LogP contribution in [0.1, 0.15) is 29.7 Å². The van der Waals surface area contributed by atoms with Crippen LogP contribution in [0.15, 0.2) is 84.9 Å². The Balaban J connectivity index is 1.44. The molecule has 0 radical (unpaired) electrons. The SMILES string of the molecule is Cc1nn(-c2ccccc2)c(Oc2ccccc2F)c1CN(CC1CC1)C[C@H](O)Cc1ccccc1.